The monoisotopic (exact) mass is 325 g/mol. The average molecular weight is 325 g/mol. The zero-order chi connectivity index (χ0) is 17.3. The van der Waals surface area contributed by atoms with Gasteiger partial charge in [-0.25, -0.2) is 0 Å². The molecule has 1 aromatic carbocycles. The number of nitro groups is 1. The summed E-state index contributed by atoms with van der Waals surface area (Å²) in [5.74, 6) is -6.98. The molecule has 0 fully saturated rings. The molecule has 120 valence electrons. The molecule has 0 amide bonds. The van der Waals surface area contributed by atoms with Gasteiger partial charge in [-0.2, -0.15) is 22.0 Å². The molecule has 0 N–H and O–H groups in total. The predicted octanol–water partition coefficient (Wildman–Crippen LogP) is 3.41. The SMILES string of the molecule is CC(=O)CC(=O)c1ccc(C(F)(F)C(F)(F)F)cc1[N+](=O)[O-]. The van der Waals surface area contributed by atoms with Gasteiger partial charge in [-0.1, -0.05) is 6.07 Å². The third-order valence-electron chi connectivity index (χ3n) is 2.62. The number of rotatable bonds is 5. The third kappa shape index (κ3) is 3.43. The first-order valence-corrected chi connectivity index (χ1v) is 5.64. The fourth-order valence-corrected chi connectivity index (χ4v) is 1.60. The number of benzene rings is 1. The van der Waals surface area contributed by atoms with Crippen molar-refractivity contribution in [1.82, 2.24) is 0 Å². The molecule has 0 aromatic heterocycles. The summed E-state index contributed by atoms with van der Waals surface area (Å²) < 4.78 is 63.1. The summed E-state index contributed by atoms with van der Waals surface area (Å²) in [7, 11) is 0. The van der Waals surface area contributed by atoms with E-state index in [4.69, 9.17) is 0 Å². The van der Waals surface area contributed by atoms with Gasteiger partial charge in [0.1, 0.15) is 5.78 Å². The molecule has 0 saturated heterocycles. The lowest BCUT2D eigenvalue weighted by Crippen LogP contribution is -2.33. The molecule has 0 aliphatic carbocycles. The summed E-state index contributed by atoms with van der Waals surface area (Å²) in [5.41, 5.74) is -3.58. The molecule has 0 aliphatic heterocycles. The van der Waals surface area contributed by atoms with Crippen molar-refractivity contribution in [3.05, 3.63) is 39.4 Å². The summed E-state index contributed by atoms with van der Waals surface area (Å²) in [6.07, 6.45) is -6.67. The number of carbonyl (C=O) groups is 2. The first-order chi connectivity index (χ1) is 9.87. The van der Waals surface area contributed by atoms with Gasteiger partial charge < -0.3 is 0 Å². The van der Waals surface area contributed by atoms with Gasteiger partial charge >= 0.3 is 12.1 Å². The number of halogens is 5. The van der Waals surface area contributed by atoms with Crippen LogP contribution >= 0.6 is 0 Å². The van der Waals surface area contributed by atoms with E-state index in [0.29, 0.717) is 6.07 Å². The van der Waals surface area contributed by atoms with Crippen molar-refractivity contribution in [2.45, 2.75) is 25.4 Å². The normalized spacial score (nSPS) is 12.1. The number of Topliss-reactive ketones (excluding diaryl/α,β-unsaturated/α-hetero) is 2. The van der Waals surface area contributed by atoms with Crippen LogP contribution in [0.25, 0.3) is 0 Å². The van der Waals surface area contributed by atoms with E-state index < -0.39 is 51.8 Å². The first-order valence-electron chi connectivity index (χ1n) is 5.64. The maximum absolute atomic E-state index is 13.2. The van der Waals surface area contributed by atoms with E-state index in [0.717, 1.165) is 6.92 Å². The first kappa shape index (κ1) is 17.7. The Kier molecular flexibility index (Phi) is 4.64. The van der Waals surface area contributed by atoms with Gasteiger partial charge in [0.25, 0.3) is 5.69 Å². The van der Waals surface area contributed by atoms with Crippen LogP contribution in [0.5, 0.6) is 0 Å². The standard InChI is InChI=1S/C12H8F5NO4/c1-6(19)4-10(20)8-3-2-7(5-9(8)18(21)22)11(13,14)12(15,16)17/h2-3,5H,4H2,1H3. The molecular weight excluding hydrogens is 317 g/mol. The van der Waals surface area contributed by atoms with Crippen molar-refractivity contribution in [3.8, 4) is 0 Å². The van der Waals surface area contributed by atoms with Crippen molar-refractivity contribution in [2.24, 2.45) is 0 Å². The molecule has 0 heterocycles. The van der Waals surface area contributed by atoms with Crippen LogP contribution in [-0.4, -0.2) is 22.7 Å². The summed E-state index contributed by atoms with van der Waals surface area (Å²) in [5, 5.41) is 10.8. The minimum Gasteiger partial charge on any atom is -0.300 e. The van der Waals surface area contributed by atoms with Crippen LogP contribution in [0.1, 0.15) is 29.3 Å². The second-order valence-corrected chi connectivity index (χ2v) is 4.36. The second-order valence-electron chi connectivity index (χ2n) is 4.36. The Labute approximate surface area is 119 Å². The maximum atomic E-state index is 13.2. The van der Waals surface area contributed by atoms with Gasteiger partial charge in [0.15, 0.2) is 5.78 Å². The molecule has 0 bridgehead atoms. The van der Waals surface area contributed by atoms with Crippen LogP contribution in [-0.2, 0) is 10.7 Å². The van der Waals surface area contributed by atoms with Crippen LogP contribution in [0, 0.1) is 10.1 Å². The highest BCUT2D eigenvalue weighted by molar-refractivity contribution is 6.09. The third-order valence-corrected chi connectivity index (χ3v) is 2.62. The topological polar surface area (TPSA) is 77.3 Å². The fourth-order valence-electron chi connectivity index (χ4n) is 1.60. The molecule has 0 atom stereocenters. The molecule has 0 spiro atoms. The van der Waals surface area contributed by atoms with E-state index in [-0.39, 0.29) is 12.1 Å². The zero-order valence-electron chi connectivity index (χ0n) is 10.9. The Morgan fingerprint density at radius 2 is 1.73 bits per heavy atom. The lowest BCUT2D eigenvalue weighted by Gasteiger charge is -2.19. The highest BCUT2D eigenvalue weighted by Gasteiger charge is 2.59. The lowest BCUT2D eigenvalue weighted by atomic mass is 9.99. The Balaban J connectivity index is 3.41. The molecular formula is C12H8F5NO4. The summed E-state index contributed by atoms with van der Waals surface area (Å²) in [4.78, 5) is 31.9. The molecule has 5 nitrogen and oxygen atoms in total. The van der Waals surface area contributed by atoms with Crippen LogP contribution in [0.2, 0.25) is 0 Å². The highest BCUT2D eigenvalue weighted by atomic mass is 19.4. The highest BCUT2D eigenvalue weighted by Crippen LogP contribution is 2.44. The van der Waals surface area contributed by atoms with Crippen LogP contribution in [0.3, 0.4) is 0 Å². The molecule has 22 heavy (non-hydrogen) atoms. The van der Waals surface area contributed by atoms with Gasteiger partial charge in [0.2, 0.25) is 0 Å². The van der Waals surface area contributed by atoms with Gasteiger partial charge in [-0.15, -0.1) is 0 Å². The van der Waals surface area contributed by atoms with Crippen molar-refractivity contribution < 1.29 is 36.5 Å². The molecule has 0 radical (unpaired) electrons. The summed E-state index contributed by atoms with van der Waals surface area (Å²) >= 11 is 0. The Morgan fingerprint density at radius 3 is 2.14 bits per heavy atom. The molecule has 1 aromatic rings. The number of nitro benzene ring substituents is 1. The Bertz CT molecular complexity index is 639. The van der Waals surface area contributed by atoms with Crippen molar-refractivity contribution >= 4 is 17.3 Å². The number of alkyl halides is 5. The minimum absolute atomic E-state index is 0.0130. The van der Waals surface area contributed by atoms with Crippen LogP contribution in [0.4, 0.5) is 27.6 Å². The van der Waals surface area contributed by atoms with E-state index in [1.165, 1.54) is 0 Å². The molecule has 0 saturated carbocycles. The fraction of sp³-hybridized carbons (Fsp3) is 0.333. The average Bonchev–Trinajstić information content (AvgIpc) is 2.35. The van der Waals surface area contributed by atoms with Gasteiger partial charge in [0.05, 0.1) is 16.9 Å². The summed E-state index contributed by atoms with van der Waals surface area (Å²) in [6, 6.07) is 0.743. The molecule has 0 aliphatic rings. The number of hydrogen-bond donors (Lipinski definition) is 0. The van der Waals surface area contributed by atoms with E-state index in [1.54, 1.807) is 0 Å². The van der Waals surface area contributed by atoms with Crippen molar-refractivity contribution in [1.29, 1.82) is 0 Å². The largest absolute Gasteiger partial charge is 0.458 e. The van der Waals surface area contributed by atoms with Gasteiger partial charge in [-0.3, -0.25) is 19.7 Å². The quantitative estimate of drug-likeness (QED) is 0.273. The maximum Gasteiger partial charge on any atom is 0.458 e. The van der Waals surface area contributed by atoms with Gasteiger partial charge in [-0.05, 0) is 13.0 Å². The zero-order valence-corrected chi connectivity index (χ0v) is 10.9. The predicted molar refractivity (Wildman–Crippen MR) is 62.7 cm³/mol. The smallest absolute Gasteiger partial charge is 0.300 e. The molecule has 0 unspecified atom stereocenters. The van der Waals surface area contributed by atoms with E-state index in [9.17, 15) is 41.7 Å². The summed E-state index contributed by atoms with van der Waals surface area (Å²) in [6.45, 7) is 1.02. The second kappa shape index (κ2) is 5.78. The number of hydrogen-bond acceptors (Lipinski definition) is 4. The number of carbonyl (C=O) groups excluding carboxylic acids is 2. The van der Waals surface area contributed by atoms with Crippen molar-refractivity contribution in [3.63, 3.8) is 0 Å². The number of ketones is 2. The molecule has 1 rings (SSSR count). The lowest BCUT2D eigenvalue weighted by molar-refractivity contribution is -0.385. The van der Waals surface area contributed by atoms with E-state index in [1.807, 2.05) is 0 Å². The van der Waals surface area contributed by atoms with Gasteiger partial charge in [0, 0.05) is 11.6 Å². The van der Waals surface area contributed by atoms with Crippen LogP contribution < -0.4 is 0 Å². The minimum atomic E-state index is -5.94. The van der Waals surface area contributed by atoms with E-state index >= 15 is 0 Å². The Morgan fingerprint density at radius 1 is 1.18 bits per heavy atom. The Hall–Kier alpha value is -2.39. The van der Waals surface area contributed by atoms with E-state index in [2.05, 4.69) is 0 Å². The number of nitrogens with zero attached hydrogens (tertiary/aromatic N) is 1. The molecule has 10 heteroatoms. The van der Waals surface area contributed by atoms with Crippen LogP contribution in [0.15, 0.2) is 18.2 Å². The van der Waals surface area contributed by atoms with Crippen molar-refractivity contribution in [2.75, 3.05) is 0 Å².